The van der Waals surface area contributed by atoms with Crippen LogP contribution in [0.15, 0.2) is 12.1 Å². The molecule has 0 radical (unpaired) electrons. The summed E-state index contributed by atoms with van der Waals surface area (Å²) in [6, 6.07) is 2.07. The molecule has 0 aliphatic carbocycles. The van der Waals surface area contributed by atoms with E-state index >= 15 is 0 Å². The van der Waals surface area contributed by atoms with Gasteiger partial charge in [0.2, 0.25) is 0 Å². The molecule has 3 nitrogen and oxygen atoms in total. The number of anilines is 1. The predicted molar refractivity (Wildman–Crippen MR) is 101 cm³/mol. The van der Waals surface area contributed by atoms with Crippen molar-refractivity contribution in [2.45, 2.75) is 51.4 Å². The van der Waals surface area contributed by atoms with Gasteiger partial charge in [-0.25, -0.2) is 8.78 Å². The fourth-order valence-corrected chi connectivity index (χ4v) is 3.89. The molecule has 1 heterocycles. The molecule has 2 rings (SSSR count). The molecule has 0 aromatic heterocycles. The number of aliphatic hydroxyl groups is 1. The minimum atomic E-state index is -1.87. The summed E-state index contributed by atoms with van der Waals surface area (Å²) in [5.74, 6) is -1.23. The lowest BCUT2D eigenvalue weighted by Gasteiger charge is -2.41. The summed E-state index contributed by atoms with van der Waals surface area (Å²) in [7, 11) is -1.87. The van der Waals surface area contributed by atoms with Crippen molar-refractivity contribution in [3.63, 3.8) is 0 Å². The van der Waals surface area contributed by atoms with Crippen LogP contribution in [0, 0.1) is 17.6 Å². The lowest BCUT2D eigenvalue weighted by Crippen LogP contribution is -2.48. The molecular formula is C18H28ClF2NO2Si. The molecule has 25 heavy (non-hydrogen) atoms. The number of β-amino-alcohol motifs (C(OH)–C–C–N with tert-alkyl or cyclic N) is 1. The van der Waals surface area contributed by atoms with Gasteiger partial charge in [-0.05, 0) is 30.6 Å². The number of piperidine rings is 1. The van der Waals surface area contributed by atoms with Crippen molar-refractivity contribution in [3.05, 3.63) is 28.8 Å². The van der Waals surface area contributed by atoms with Crippen molar-refractivity contribution in [1.29, 1.82) is 0 Å². The van der Waals surface area contributed by atoms with Gasteiger partial charge >= 0.3 is 0 Å². The highest BCUT2D eigenvalue weighted by atomic mass is 35.5. The highest BCUT2D eigenvalue weighted by molar-refractivity contribution is 6.74. The SMILES string of the molecule is CC(C)(C)[Si](C)(C)OCC1CCN(c2cc(F)c(Cl)cc2F)CC1O. The molecule has 1 aliphatic heterocycles. The Kier molecular flexibility index (Phi) is 6.19. The maximum Gasteiger partial charge on any atom is 0.191 e. The van der Waals surface area contributed by atoms with Gasteiger partial charge < -0.3 is 14.4 Å². The van der Waals surface area contributed by atoms with E-state index in [9.17, 15) is 13.9 Å². The van der Waals surface area contributed by atoms with Crippen LogP contribution in [0.2, 0.25) is 23.2 Å². The van der Waals surface area contributed by atoms with Crippen LogP contribution in [-0.4, -0.2) is 39.2 Å². The zero-order chi connectivity index (χ0) is 19.0. The quantitative estimate of drug-likeness (QED) is 0.589. The molecule has 142 valence electrons. The Balaban J connectivity index is 2.00. The molecule has 2 unspecified atom stereocenters. The minimum Gasteiger partial charge on any atom is -0.416 e. The zero-order valence-electron chi connectivity index (χ0n) is 15.6. The van der Waals surface area contributed by atoms with Gasteiger partial charge in [0.05, 0.1) is 16.8 Å². The number of hydrogen-bond acceptors (Lipinski definition) is 3. The molecule has 0 spiro atoms. The summed E-state index contributed by atoms with van der Waals surface area (Å²) < 4.78 is 33.9. The van der Waals surface area contributed by atoms with Crippen LogP contribution < -0.4 is 4.90 Å². The van der Waals surface area contributed by atoms with Gasteiger partial charge in [-0.3, -0.25) is 0 Å². The summed E-state index contributed by atoms with van der Waals surface area (Å²) in [6.07, 6.45) is 0.0242. The van der Waals surface area contributed by atoms with Crippen molar-refractivity contribution in [2.75, 3.05) is 24.6 Å². The second-order valence-corrected chi connectivity index (χ2v) is 13.6. The number of halogens is 3. The summed E-state index contributed by atoms with van der Waals surface area (Å²) in [6.45, 7) is 12.2. The van der Waals surface area contributed by atoms with Crippen LogP contribution >= 0.6 is 11.6 Å². The molecule has 2 atom stereocenters. The van der Waals surface area contributed by atoms with E-state index in [2.05, 4.69) is 33.9 Å². The van der Waals surface area contributed by atoms with E-state index in [1.54, 1.807) is 4.90 Å². The Morgan fingerprint density at radius 3 is 2.48 bits per heavy atom. The molecule has 1 aromatic carbocycles. The normalized spacial score (nSPS) is 22.4. The largest absolute Gasteiger partial charge is 0.416 e. The molecule has 0 amide bonds. The first-order chi connectivity index (χ1) is 11.4. The predicted octanol–water partition coefficient (Wildman–Crippen LogP) is 4.83. The van der Waals surface area contributed by atoms with Crippen LogP contribution in [0.5, 0.6) is 0 Å². The van der Waals surface area contributed by atoms with Gasteiger partial charge in [-0.2, -0.15) is 0 Å². The molecule has 1 N–H and O–H groups in total. The van der Waals surface area contributed by atoms with Gasteiger partial charge in [-0.15, -0.1) is 0 Å². The van der Waals surface area contributed by atoms with Gasteiger partial charge in [0, 0.05) is 31.7 Å². The van der Waals surface area contributed by atoms with Crippen molar-refractivity contribution >= 4 is 25.6 Å². The average Bonchev–Trinajstić information content (AvgIpc) is 2.48. The van der Waals surface area contributed by atoms with E-state index in [0.717, 1.165) is 12.1 Å². The highest BCUT2D eigenvalue weighted by Gasteiger charge is 2.39. The lowest BCUT2D eigenvalue weighted by molar-refractivity contribution is 0.0577. The summed E-state index contributed by atoms with van der Waals surface area (Å²) in [4.78, 5) is 1.67. The topological polar surface area (TPSA) is 32.7 Å². The molecule has 1 fully saturated rings. The Labute approximate surface area is 155 Å². The van der Waals surface area contributed by atoms with Crippen LogP contribution in [0.25, 0.3) is 0 Å². The molecule has 1 saturated heterocycles. The van der Waals surface area contributed by atoms with Gasteiger partial charge in [0.25, 0.3) is 0 Å². The van der Waals surface area contributed by atoms with E-state index in [0.29, 0.717) is 19.6 Å². The van der Waals surface area contributed by atoms with Crippen molar-refractivity contribution < 1.29 is 18.3 Å². The highest BCUT2D eigenvalue weighted by Crippen LogP contribution is 2.37. The van der Waals surface area contributed by atoms with Gasteiger partial charge in [-0.1, -0.05) is 32.4 Å². The first-order valence-electron chi connectivity index (χ1n) is 8.64. The Hall–Kier alpha value is -0.693. The van der Waals surface area contributed by atoms with E-state index in [1.807, 2.05) is 0 Å². The molecular weight excluding hydrogens is 364 g/mol. The van der Waals surface area contributed by atoms with Gasteiger partial charge in [0.15, 0.2) is 8.32 Å². The molecule has 0 saturated carbocycles. The fourth-order valence-electron chi connectivity index (χ4n) is 2.68. The Morgan fingerprint density at radius 2 is 1.92 bits per heavy atom. The van der Waals surface area contributed by atoms with Crippen LogP contribution in [-0.2, 0) is 4.43 Å². The molecule has 1 aromatic rings. The first kappa shape index (κ1) is 20.6. The van der Waals surface area contributed by atoms with E-state index in [-0.39, 0.29) is 28.2 Å². The monoisotopic (exact) mass is 391 g/mol. The molecule has 7 heteroatoms. The summed E-state index contributed by atoms with van der Waals surface area (Å²) in [5, 5.41) is 10.3. The van der Waals surface area contributed by atoms with Crippen LogP contribution in [0.1, 0.15) is 27.2 Å². The zero-order valence-corrected chi connectivity index (χ0v) is 17.3. The van der Waals surface area contributed by atoms with Crippen LogP contribution in [0.3, 0.4) is 0 Å². The Bertz CT molecular complexity index is 622. The second-order valence-electron chi connectivity index (χ2n) is 8.35. The molecule has 0 bridgehead atoms. The molecule has 1 aliphatic rings. The third kappa shape index (κ3) is 4.73. The number of aliphatic hydroxyl groups excluding tert-OH is 1. The van der Waals surface area contributed by atoms with Crippen LogP contribution in [0.4, 0.5) is 14.5 Å². The smallest absolute Gasteiger partial charge is 0.191 e. The van der Waals surface area contributed by atoms with Crippen molar-refractivity contribution in [3.8, 4) is 0 Å². The van der Waals surface area contributed by atoms with Crippen molar-refractivity contribution in [1.82, 2.24) is 0 Å². The summed E-state index contributed by atoms with van der Waals surface area (Å²) >= 11 is 5.60. The van der Waals surface area contributed by atoms with E-state index in [4.69, 9.17) is 16.0 Å². The van der Waals surface area contributed by atoms with E-state index in [1.165, 1.54) is 0 Å². The lowest BCUT2D eigenvalue weighted by atomic mass is 9.94. The minimum absolute atomic E-state index is 0.00517. The third-order valence-electron chi connectivity index (χ3n) is 5.52. The number of benzene rings is 1. The fraction of sp³-hybridized carbons (Fsp3) is 0.667. The van der Waals surface area contributed by atoms with E-state index < -0.39 is 26.1 Å². The first-order valence-corrected chi connectivity index (χ1v) is 11.9. The number of hydrogen-bond donors (Lipinski definition) is 1. The number of rotatable bonds is 4. The number of nitrogens with zero attached hydrogens (tertiary/aromatic N) is 1. The Morgan fingerprint density at radius 1 is 1.28 bits per heavy atom. The third-order valence-corrected chi connectivity index (χ3v) is 10.3. The second kappa shape index (κ2) is 7.51. The maximum atomic E-state index is 14.1. The maximum absolute atomic E-state index is 14.1. The van der Waals surface area contributed by atoms with Gasteiger partial charge in [0.1, 0.15) is 11.6 Å². The van der Waals surface area contributed by atoms with Crippen molar-refractivity contribution in [2.24, 2.45) is 5.92 Å². The average molecular weight is 392 g/mol. The summed E-state index contributed by atoms with van der Waals surface area (Å²) in [5.41, 5.74) is 0.143. The standard InChI is InChI=1S/C18H28ClF2NO2Si/c1-18(2,3)25(4,5)24-11-12-6-7-22(10-17(12)23)16-9-14(20)13(19)8-15(16)21/h8-9,12,17,23H,6-7,10-11H2,1-5H3.